The van der Waals surface area contributed by atoms with Gasteiger partial charge in [0.1, 0.15) is 34.8 Å². The van der Waals surface area contributed by atoms with E-state index in [0.29, 0.717) is 23.8 Å². The number of hydrogen-bond donors (Lipinski definition) is 0. The number of ether oxygens (including phenoxy) is 2. The first-order valence-corrected chi connectivity index (χ1v) is 9.74. The molecule has 2 aromatic heterocycles. The van der Waals surface area contributed by atoms with Crippen molar-refractivity contribution >= 4 is 0 Å². The number of nitriles is 1. The number of methoxy groups -OCH3 is 2. The third kappa shape index (κ3) is 4.26. The molecule has 0 aliphatic heterocycles. The molecular formula is C22H26N6O2. The van der Waals surface area contributed by atoms with Crippen molar-refractivity contribution in [3.05, 3.63) is 53.5 Å². The van der Waals surface area contributed by atoms with E-state index in [0.717, 1.165) is 29.4 Å². The summed E-state index contributed by atoms with van der Waals surface area (Å²) < 4.78 is 12.8. The van der Waals surface area contributed by atoms with E-state index in [1.54, 1.807) is 26.4 Å². The van der Waals surface area contributed by atoms with E-state index in [9.17, 15) is 0 Å². The number of rotatable bonds is 8. The summed E-state index contributed by atoms with van der Waals surface area (Å²) in [7, 11) is 5.22. The van der Waals surface area contributed by atoms with Crippen LogP contribution in [0.1, 0.15) is 37.0 Å². The van der Waals surface area contributed by atoms with Crippen molar-refractivity contribution in [3.63, 3.8) is 0 Å². The highest BCUT2D eigenvalue weighted by atomic mass is 16.5. The normalized spacial score (nSPS) is 11.9. The lowest BCUT2D eigenvalue weighted by molar-refractivity contribution is 0.199. The van der Waals surface area contributed by atoms with Crippen LogP contribution in [-0.2, 0) is 13.6 Å². The van der Waals surface area contributed by atoms with Gasteiger partial charge in [0.05, 0.1) is 20.3 Å². The molecule has 8 heteroatoms. The van der Waals surface area contributed by atoms with Gasteiger partial charge in [-0.3, -0.25) is 4.90 Å². The third-order valence-corrected chi connectivity index (χ3v) is 5.20. The average molecular weight is 406 g/mol. The van der Waals surface area contributed by atoms with Crippen LogP contribution in [0.3, 0.4) is 0 Å². The standard InChI is InChI=1S/C22H26N6O2/c1-6-28(14-16-10-11-18(29-4)12-20(16)30-5)15(2)21-25-26-22(27(21)3)19-9-7-8-17(13-23)24-19/h7-12,15H,6,14H2,1-5H3/t15-/m1/s1. The highest BCUT2D eigenvalue weighted by molar-refractivity contribution is 5.50. The van der Waals surface area contributed by atoms with E-state index in [-0.39, 0.29) is 6.04 Å². The van der Waals surface area contributed by atoms with Crippen LogP contribution in [0.2, 0.25) is 0 Å². The average Bonchev–Trinajstić information content (AvgIpc) is 3.18. The molecule has 0 spiro atoms. The number of hydrogen-bond acceptors (Lipinski definition) is 7. The maximum absolute atomic E-state index is 9.11. The Morgan fingerprint density at radius 2 is 1.97 bits per heavy atom. The minimum absolute atomic E-state index is 0.00667. The molecule has 0 saturated heterocycles. The zero-order valence-corrected chi connectivity index (χ0v) is 18.0. The fraction of sp³-hybridized carbons (Fsp3) is 0.364. The van der Waals surface area contributed by atoms with Gasteiger partial charge in [-0.15, -0.1) is 10.2 Å². The molecule has 1 aromatic carbocycles. The second-order valence-corrected chi connectivity index (χ2v) is 6.88. The van der Waals surface area contributed by atoms with Gasteiger partial charge in [-0.25, -0.2) is 4.98 Å². The monoisotopic (exact) mass is 406 g/mol. The molecular weight excluding hydrogens is 380 g/mol. The molecule has 0 aliphatic carbocycles. The van der Waals surface area contributed by atoms with E-state index in [1.807, 2.05) is 35.9 Å². The molecule has 0 bridgehead atoms. The summed E-state index contributed by atoms with van der Waals surface area (Å²) in [5, 5.41) is 17.9. The Hall–Kier alpha value is -3.44. The fourth-order valence-electron chi connectivity index (χ4n) is 3.44. The molecule has 0 fully saturated rings. The highest BCUT2D eigenvalue weighted by Crippen LogP contribution is 2.29. The zero-order valence-electron chi connectivity index (χ0n) is 18.0. The van der Waals surface area contributed by atoms with Gasteiger partial charge in [-0.2, -0.15) is 5.26 Å². The third-order valence-electron chi connectivity index (χ3n) is 5.20. The van der Waals surface area contributed by atoms with Crippen LogP contribution in [0.4, 0.5) is 0 Å². The van der Waals surface area contributed by atoms with Gasteiger partial charge in [0.15, 0.2) is 5.82 Å². The number of nitrogens with zero attached hydrogens (tertiary/aromatic N) is 6. The van der Waals surface area contributed by atoms with Crippen molar-refractivity contribution in [2.24, 2.45) is 7.05 Å². The highest BCUT2D eigenvalue weighted by Gasteiger charge is 2.23. The molecule has 3 aromatic rings. The lowest BCUT2D eigenvalue weighted by atomic mass is 10.1. The number of aromatic nitrogens is 4. The summed E-state index contributed by atoms with van der Waals surface area (Å²) in [6.45, 7) is 5.73. The van der Waals surface area contributed by atoms with Crippen LogP contribution < -0.4 is 9.47 Å². The van der Waals surface area contributed by atoms with Gasteiger partial charge in [0.2, 0.25) is 0 Å². The van der Waals surface area contributed by atoms with E-state index < -0.39 is 0 Å². The molecule has 0 radical (unpaired) electrons. The predicted octanol–water partition coefficient (Wildman–Crippen LogP) is 3.35. The summed E-state index contributed by atoms with van der Waals surface area (Å²) in [6.07, 6.45) is 0. The van der Waals surface area contributed by atoms with Crippen LogP contribution in [0.5, 0.6) is 11.5 Å². The van der Waals surface area contributed by atoms with Crippen molar-refractivity contribution in [1.82, 2.24) is 24.6 Å². The lowest BCUT2D eigenvalue weighted by Gasteiger charge is -2.28. The molecule has 0 aliphatic rings. The molecule has 0 N–H and O–H groups in total. The quantitative estimate of drug-likeness (QED) is 0.567. The number of pyridine rings is 1. The Kier molecular flexibility index (Phi) is 6.65. The molecule has 8 nitrogen and oxygen atoms in total. The number of benzene rings is 1. The van der Waals surface area contributed by atoms with Gasteiger partial charge >= 0.3 is 0 Å². The molecule has 2 heterocycles. The first-order valence-electron chi connectivity index (χ1n) is 9.74. The second-order valence-electron chi connectivity index (χ2n) is 6.88. The summed E-state index contributed by atoms with van der Waals surface area (Å²) in [6, 6.07) is 13.2. The molecule has 0 saturated carbocycles. The van der Waals surface area contributed by atoms with Crippen molar-refractivity contribution in [2.75, 3.05) is 20.8 Å². The summed E-state index contributed by atoms with van der Waals surface area (Å²) in [4.78, 5) is 6.63. The topological polar surface area (TPSA) is 89.1 Å². The van der Waals surface area contributed by atoms with Crippen molar-refractivity contribution in [1.29, 1.82) is 5.26 Å². The minimum Gasteiger partial charge on any atom is -0.497 e. The molecule has 0 amide bonds. The molecule has 3 rings (SSSR count). The van der Waals surface area contributed by atoms with Gasteiger partial charge in [-0.1, -0.05) is 19.1 Å². The Bertz CT molecular complexity index is 1060. The summed E-state index contributed by atoms with van der Waals surface area (Å²) in [5.74, 6) is 3.00. The Morgan fingerprint density at radius 1 is 1.17 bits per heavy atom. The van der Waals surface area contributed by atoms with E-state index in [1.165, 1.54) is 0 Å². The zero-order chi connectivity index (χ0) is 21.7. The Morgan fingerprint density at radius 3 is 2.63 bits per heavy atom. The maximum Gasteiger partial charge on any atom is 0.182 e. The largest absolute Gasteiger partial charge is 0.497 e. The van der Waals surface area contributed by atoms with Crippen molar-refractivity contribution in [2.45, 2.75) is 26.4 Å². The molecule has 1 atom stereocenters. The first-order chi connectivity index (χ1) is 14.5. The predicted molar refractivity (Wildman–Crippen MR) is 113 cm³/mol. The maximum atomic E-state index is 9.11. The Balaban J connectivity index is 1.87. The molecule has 0 unspecified atom stereocenters. The van der Waals surface area contributed by atoms with E-state index in [4.69, 9.17) is 14.7 Å². The molecule has 156 valence electrons. The van der Waals surface area contributed by atoms with Crippen LogP contribution >= 0.6 is 0 Å². The van der Waals surface area contributed by atoms with Gasteiger partial charge < -0.3 is 14.0 Å². The van der Waals surface area contributed by atoms with Crippen LogP contribution in [-0.4, -0.2) is 45.4 Å². The van der Waals surface area contributed by atoms with Crippen LogP contribution in [0.25, 0.3) is 11.5 Å². The Labute approximate surface area is 176 Å². The SMILES string of the molecule is CCN(Cc1ccc(OC)cc1OC)[C@H](C)c1nnc(-c2cccc(C#N)n2)n1C. The van der Waals surface area contributed by atoms with Gasteiger partial charge in [-0.05, 0) is 31.7 Å². The smallest absolute Gasteiger partial charge is 0.182 e. The van der Waals surface area contributed by atoms with Gasteiger partial charge in [0, 0.05) is 25.2 Å². The van der Waals surface area contributed by atoms with Crippen molar-refractivity contribution in [3.8, 4) is 29.1 Å². The summed E-state index contributed by atoms with van der Waals surface area (Å²) >= 11 is 0. The lowest BCUT2D eigenvalue weighted by Crippen LogP contribution is -2.28. The van der Waals surface area contributed by atoms with E-state index >= 15 is 0 Å². The van der Waals surface area contributed by atoms with E-state index in [2.05, 4.69) is 40.0 Å². The molecule has 30 heavy (non-hydrogen) atoms. The minimum atomic E-state index is 0.00667. The van der Waals surface area contributed by atoms with Crippen LogP contribution in [0.15, 0.2) is 36.4 Å². The van der Waals surface area contributed by atoms with Crippen molar-refractivity contribution < 1.29 is 9.47 Å². The second kappa shape index (κ2) is 9.37. The first kappa shape index (κ1) is 21.3. The van der Waals surface area contributed by atoms with Crippen LogP contribution in [0, 0.1) is 11.3 Å². The fourth-order valence-corrected chi connectivity index (χ4v) is 3.44. The summed E-state index contributed by atoms with van der Waals surface area (Å²) in [5.41, 5.74) is 2.05. The van der Waals surface area contributed by atoms with Gasteiger partial charge in [0.25, 0.3) is 0 Å².